The van der Waals surface area contributed by atoms with Crippen LogP contribution in [-0.2, 0) is 4.74 Å². The minimum atomic E-state index is -0.507. The Kier molecular flexibility index (Phi) is 5.16. The summed E-state index contributed by atoms with van der Waals surface area (Å²) in [4.78, 5) is 23.6. The molecule has 0 aromatic rings. The van der Waals surface area contributed by atoms with Gasteiger partial charge in [0.15, 0.2) is 0 Å². The molecule has 4 fully saturated rings. The predicted molar refractivity (Wildman–Crippen MR) is 96.2 cm³/mol. The highest BCUT2D eigenvalue weighted by molar-refractivity contribution is 5.74. The topological polar surface area (TPSA) is 79.5 Å². The Morgan fingerprint density at radius 3 is 1.96 bits per heavy atom. The summed E-state index contributed by atoms with van der Waals surface area (Å²) < 4.78 is 5.15. The van der Waals surface area contributed by atoms with Gasteiger partial charge in [0, 0.05) is 19.6 Å². The van der Waals surface area contributed by atoms with Gasteiger partial charge in [0.25, 0.3) is 0 Å². The van der Waals surface area contributed by atoms with Gasteiger partial charge in [-0.1, -0.05) is 0 Å². The molecule has 4 aliphatic rings. The highest BCUT2D eigenvalue weighted by Crippen LogP contribution is 2.59. The van der Waals surface area contributed by atoms with Crippen LogP contribution >= 0.6 is 0 Å². The van der Waals surface area contributed by atoms with Crippen molar-refractivity contribution in [3.05, 3.63) is 0 Å². The predicted octanol–water partition coefficient (Wildman–Crippen LogP) is 3.03. The Balaban J connectivity index is 1.32. The normalized spacial score (nSPS) is 33.0. The Morgan fingerprint density at radius 2 is 1.44 bits per heavy atom. The zero-order valence-electron chi connectivity index (χ0n) is 15.8. The van der Waals surface area contributed by atoms with Crippen LogP contribution in [0.15, 0.2) is 0 Å². The molecule has 0 aromatic carbocycles. The van der Waals surface area contributed by atoms with E-state index in [1.807, 2.05) is 20.8 Å². The number of ether oxygens (including phenoxy) is 1. The molecule has 25 heavy (non-hydrogen) atoms. The molecule has 6 nitrogen and oxygen atoms in total. The summed E-state index contributed by atoms with van der Waals surface area (Å²) in [5, 5.41) is 8.53. The van der Waals surface area contributed by atoms with Crippen LogP contribution in [0.3, 0.4) is 0 Å². The first kappa shape index (κ1) is 18.3. The van der Waals surface area contributed by atoms with E-state index in [-0.39, 0.29) is 6.03 Å². The molecule has 3 amide bonds. The van der Waals surface area contributed by atoms with Gasteiger partial charge in [-0.15, -0.1) is 0 Å². The standard InChI is InChI=1S/C19H33N3O3/c1-18(2,3)25-17(24)21-5-4-20-16(23)22-12-19-9-13-6-14(10-19)8-15(7-13)11-19/h13-15H,4-12H2,1-3H3,(H,21,24)(H2,20,22,23). The number of amides is 3. The van der Waals surface area contributed by atoms with E-state index in [9.17, 15) is 9.59 Å². The summed E-state index contributed by atoms with van der Waals surface area (Å²) >= 11 is 0. The molecule has 0 aromatic heterocycles. The van der Waals surface area contributed by atoms with Crippen LogP contribution in [0, 0.1) is 23.2 Å². The first-order chi connectivity index (χ1) is 11.7. The third-order valence-corrected chi connectivity index (χ3v) is 5.87. The Hall–Kier alpha value is -1.46. The molecule has 3 N–H and O–H groups in total. The Morgan fingerprint density at radius 1 is 0.920 bits per heavy atom. The fraction of sp³-hybridized carbons (Fsp3) is 0.895. The van der Waals surface area contributed by atoms with Gasteiger partial charge in [0.2, 0.25) is 0 Å². The smallest absolute Gasteiger partial charge is 0.407 e. The van der Waals surface area contributed by atoms with Gasteiger partial charge >= 0.3 is 12.1 Å². The summed E-state index contributed by atoms with van der Waals surface area (Å²) in [6.07, 6.45) is 7.67. The van der Waals surface area contributed by atoms with Crippen LogP contribution in [-0.4, -0.2) is 37.4 Å². The number of carbonyl (C=O) groups is 2. The van der Waals surface area contributed by atoms with Crippen molar-refractivity contribution in [1.29, 1.82) is 0 Å². The van der Waals surface area contributed by atoms with Crippen molar-refractivity contribution in [3.8, 4) is 0 Å². The molecule has 4 bridgehead atoms. The van der Waals surface area contributed by atoms with Crippen molar-refractivity contribution in [1.82, 2.24) is 16.0 Å². The number of hydrogen-bond acceptors (Lipinski definition) is 3. The van der Waals surface area contributed by atoms with Crippen LogP contribution in [0.5, 0.6) is 0 Å². The Bertz CT molecular complexity index is 477. The Labute approximate surface area is 150 Å². The fourth-order valence-corrected chi connectivity index (χ4v) is 5.49. The number of hydrogen-bond donors (Lipinski definition) is 3. The minimum Gasteiger partial charge on any atom is -0.444 e. The van der Waals surface area contributed by atoms with Crippen molar-refractivity contribution in [2.45, 2.75) is 64.9 Å². The highest BCUT2D eigenvalue weighted by Gasteiger charge is 2.50. The van der Waals surface area contributed by atoms with Gasteiger partial charge < -0.3 is 20.7 Å². The van der Waals surface area contributed by atoms with Crippen molar-refractivity contribution in [2.75, 3.05) is 19.6 Å². The maximum absolute atomic E-state index is 12.0. The lowest BCUT2D eigenvalue weighted by atomic mass is 9.49. The SMILES string of the molecule is CC(C)(C)OC(=O)NCCNC(=O)NCC12CC3CC(CC(C3)C1)C2. The average Bonchev–Trinajstić information content (AvgIpc) is 2.46. The van der Waals surface area contributed by atoms with Gasteiger partial charge in [-0.3, -0.25) is 0 Å². The minimum absolute atomic E-state index is 0.137. The lowest BCUT2D eigenvalue weighted by Gasteiger charge is -2.56. The van der Waals surface area contributed by atoms with Crippen LogP contribution in [0.25, 0.3) is 0 Å². The maximum Gasteiger partial charge on any atom is 0.407 e. The van der Waals surface area contributed by atoms with E-state index in [1.54, 1.807) is 0 Å². The largest absolute Gasteiger partial charge is 0.444 e. The molecular formula is C19H33N3O3. The van der Waals surface area contributed by atoms with Gasteiger partial charge in [0.1, 0.15) is 5.60 Å². The first-order valence-corrected chi connectivity index (χ1v) is 9.72. The van der Waals surface area contributed by atoms with Crippen LogP contribution in [0.2, 0.25) is 0 Å². The number of rotatable bonds is 5. The highest BCUT2D eigenvalue weighted by atomic mass is 16.6. The van der Waals surface area contributed by atoms with Crippen LogP contribution in [0.1, 0.15) is 59.3 Å². The zero-order chi connectivity index (χ0) is 18.1. The van der Waals surface area contributed by atoms with E-state index in [2.05, 4.69) is 16.0 Å². The van der Waals surface area contributed by atoms with E-state index in [1.165, 1.54) is 38.5 Å². The van der Waals surface area contributed by atoms with E-state index in [0.29, 0.717) is 18.5 Å². The van der Waals surface area contributed by atoms with E-state index >= 15 is 0 Å². The summed E-state index contributed by atoms with van der Waals surface area (Å²) in [7, 11) is 0. The molecule has 4 rings (SSSR count). The lowest BCUT2D eigenvalue weighted by Crippen LogP contribution is -2.52. The molecule has 0 unspecified atom stereocenters. The first-order valence-electron chi connectivity index (χ1n) is 9.72. The number of nitrogens with one attached hydrogen (secondary N) is 3. The second-order valence-corrected chi connectivity index (χ2v) is 9.46. The van der Waals surface area contributed by atoms with Crippen LogP contribution < -0.4 is 16.0 Å². The lowest BCUT2D eigenvalue weighted by molar-refractivity contribution is -0.0498. The zero-order valence-corrected chi connectivity index (χ0v) is 15.8. The van der Waals surface area contributed by atoms with E-state index in [4.69, 9.17) is 4.74 Å². The van der Waals surface area contributed by atoms with E-state index < -0.39 is 11.7 Å². The molecule has 0 radical (unpaired) electrons. The van der Waals surface area contributed by atoms with Crippen molar-refractivity contribution in [2.24, 2.45) is 23.2 Å². The third-order valence-electron chi connectivity index (χ3n) is 5.87. The fourth-order valence-electron chi connectivity index (χ4n) is 5.49. The molecule has 142 valence electrons. The van der Waals surface area contributed by atoms with Gasteiger partial charge in [-0.25, -0.2) is 9.59 Å². The van der Waals surface area contributed by atoms with Crippen molar-refractivity contribution >= 4 is 12.1 Å². The molecule has 0 saturated heterocycles. The monoisotopic (exact) mass is 351 g/mol. The van der Waals surface area contributed by atoms with Crippen molar-refractivity contribution < 1.29 is 14.3 Å². The molecule has 6 heteroatoms. The second kappa shape index (κ2) is 7.04. The van der Waals surface area contributed by atoms with E-state index in [0.717, 1.165) is 24.3 Å². The molecule has 0 aliphatic heterocycles. The molecule has 0 atom stereocenters. The summed E-state index contributed by atoms with van der Waals surface area (Å²) in [5.74, 6) is 2.69. The summed E-state index contributed by atoms with van der Waals surface area (Å²) in [6.45, 7) is 7.02. The number of urea groups is 1. The maximum atomic E-state index is 12.0. The average molecular weight is 351 g/mol. The molecule has 0 spiro atoms. The third kappa shape index (κ3) is 5.02. The molecule has 4 aliphatic carbocycles. The number of carbonyl (C=O) groups excluding carboxylic acids is 2. The molecule has 0 heterocycles. The van der Waals surface area contributed by atoms with Crippen molar-refractivity contribution in [3.63, 3.8) is 0 Å². The quantitative estimate of drug-likeness (QED) is 0.666. The number of alkyl carbamates (subject to hydrolysis) is 1. The van der Waals surface area contributed by atoms with Gasteiger partial charge in [-0.05, 0) is 82.5 Å². The summed E-state index contributed by atoms with van der Waals surface area (Å²) in [6, 6.07) is -0.137. The molecule has 4 saturated carbocycles. The van der Waals surface area contributed by atoms with Crippen LogP contribution in [0.4, 0.5) is 9.59 Å². The summed E-state index contributed by atoms with van der Waals surface area (Å²) in [5.41, 5.74) is -0.159. The van der Waals surface area contributed by atoms with Gasteiger partial charge in [-0.2, -0.15) is 0 Å². The van der Waals surface area contributed by atoms with Gasteiger partial charge in [0.05, 0.1) is 0 Å². The second-order valence-electron chi connectivity index (χ2n) is 9.46. The molecular weight excluding hydrogens is 318 g/mol.